The summed E-state index contributed by atoms with van der Waals surface area (Å²) in [4.78, 5) is 7.93. The van der Waals surface area contributed by atoms with Crippen LogP contribution in [0.3, 0.4) is 0 Å². The van der Waals surface area contributed by atoms with Gasteiger partial charge in [-0.05, 0) is 27.5 Å². The molecule has 12 heavy (non-hydrogen) atoms. The van der Waals surface area contributed by atoms with Gasteiger partial charge in [-0.3, -0.25) is 5.10 Å². The zero-order valence-electron chi connectivity index (χ0n) is 7.55. The second-order valence-corrected chi connectivity index (χ2v) is 2.60. The highest BCUT2D eigenvalue weighted by Gasteiger charge is 2.03. The van der Waals surface area contributed by atoms with E-state index in [1.165, 1.54) is 0 Å². The van der Waals surface area contributed by atoms with E-state index in [9.17, 15) is 0 Å². The molecule has 0 saturated heterocycles. The Morgan fingerprint density at radius 2 is 2.17 bits per heavy atom. The molecule has 0 unspecified atom stereocenters. The van der Waals surface area contributed by atoms with Gasteiger partial charge in [-0.15, -0.1) is 0 Å². The molecule has 0 aromatic carbocycles. The first-order valence-electron chi connectivity index (χ1n) is 3.68. The van der Waals surface area contributed by atoms with Crippen LogP contribution in [0.25, 0.3) is 0 Å². The van der Waals surface area contributed by atoms with Crippen LogP contribution in [0.4, 0.5) is 5.69 Å². The molecule has 0 aliphatic heterocycles. The molecular weight excluding hydrogens is 152 g/mol. The van der Waals surface area contributed by atoms with Crippen LogP contribution in [-0.2, 0) is 0 Å². The first-order chi connectivity index (χ1) is 5.65. The van der Waals surface area contributed by atoms with Crippen molar-refractivity contribution in [3.63, 3.8) is 0 Å². The highest BCUT2D eigenvalue weighted by atomic mass is 15.1. The summed E-state index contributed by atoms with van der Waals surface area (Å²) < 4.78 is 0. The number of aromatic nitrogens is 2. The second kappa shape index (κ2) is 3.30. The fourth-order valence-electron chi connectivity index (χ4n) is 0.907. The zero-order chi connectivity index (χ0) is 9.14. The van der Waals surface area contributed by atoms with Crippen molar-refractivity contribution in [2.45, 2.75) is 20.8 Å². The summed E-state index contributed by atoms with van der Waals surface area (Å²) in [6.45, 7) is 9.02. The largest absolute Gasteiger partial charge is 0.280 e. The van der Waals surface area contributed by atoms with E-state index in [4.69, 9.17) is 0 Å². The number of aryl methyl sites for hydroxylation is 2. The monoisotopic (exact) mass is 164 g/mol. The molecule has 1 N–H and O–H groups in total. The van der Waals surface area contributed by atoms with E-state index >= 15 is 0 Å². The molecule has 0 fully saturated rings. The summed E-state index contributed by atoms with van der Waals surface area (Å²) in [7, 11) is 0. The molecule has 1 aromatic rings. The van der Waals surface area contributed by atoms with Crippen molar-refractivity contribution < 1.29 is 0 Å². The molecule has 1 aromatic heterocycles. The average molecular weight is 164 g/mol. The molecular formula is C8H12N4. The van der Waals surface area contributed by atoms with E-state index in [0.29, 0.717) is 5.84 Å². The third kappa shape index (κ3) is 1.58. The van der Waals surface area contributed by atoms with Crippen molar-refractivity contribution in [2.75, 3.05) is 0 Å². The highest BCUT2D eigenvalue weighted by Crippen LogP contribution is 2.20. The minimum atomic E-state index is 0.655. The number of H-pyrrole nitrogens is 1. The zero-order valence-corrected chi connectivity index (χ0v) is 7.55. The molecule has 0 radical (unpaired) electrons. The summed E-state index contributed by atoms with van der Waals surface area (Å²) in [5.41, 5.74) is 2.70. The fourth-order valence-corrected chi connectivity index (χ4v) is 0.907. The van der Waals surface area contributed by atoms with Gasteiger partial charge in [0.15, 0.2) is 0 Å². The number of amidine groups is 1. The number of hydrogen-bond donors (Lipinski definition) is 1. The number of aliphatic imine (C=N–C) groups is 2. The smallest absolute Gasteiger partial charge is 0.125 e. The standard InChI is InChI=1S/C8H12N4/c1-5-8(6(2)12-11-5)10-7(3)9-4/h4H2,1-3H3,(H,11,12)/b10-7-. The fraction of sp³-hybridized carbons (Fsp3) is 0.375. The highest BCUT2D eigenvalue weighted by molar-refractivity contribution is 5.86. The van der Waals surface area contributed by atoms with Crippen molar-refractivity contribution in [1.82, 2.24) is 10.2 Å². The molecule has 0 amide bonds. The van der Waals surface area contributed by atoms with Crippen LogP contribution in [0.15, 0.2) is 9.98 Å². The van der Waals surface area contributed by atoms with E-state index in [-0.39, 0.29) is 0 Å². The van der Waals surface area contributed by atoms with Crippen LogP contribution in [0.1, 0.15) is 18.3 Å². The van der Waals surface area contributed by atoms with Crippen molar-refractivity contribution in [3.8, 4) is 0 Å². The lowest BCUT2D eigenvalue weighted by Gasteiger charge is -1.92. The molecule has 0 aliphatic rings. The average Bonchev–Trinajstić information content (AvgIpc) is 2.35. The number of rotatable bonds is 1. The van der Waals surface area contributed by atoms with Gasteiger partial charge in [0.25, 0.3) is 0 Å². The molecule has 64 valence electrons. The van der Waals surface area contributed by atoms with E-state index in [1.54, 1.807) is 6.92 Å². The van der Waals surface area contributed by atoms with E-state index in [1.807, 2.05) is 13.8 Å². The normalized spacial score (nSPS) is 11.8. The van der Waals surface area contributed by atoms with Crippen LogP contribution in [0, 0.1) is 13.8 Å². The summed E-state index contributed by atoms with van der Waals surface area (Å²) in [6, 6.07) is 0. The van der Waals surface area contributed by atoms with Gasteiger partial charge in [0.1, 0.15) is 11.5 Å². The molecule has 0 bridgehead atoms. The van der Waals surface area contributed by atoms with Gasteiger partial charge in [-0.2, -0.15) is 5.10 Å². The number of hydrogen-bond acceptors (Lipinski definition) is 2. The summed E-state index contributed by atoms with van der Waals surface area (Å²) in [5, 5.41) is 6.86. The van der Waals surface area contributed by atoms with Crippen LogP contribution in [0.2, 0.25) is 0 Å². The Labute approximate surface area is 71.4 Å². The van der Waals surface area contributed by atoms with Crippen LogP contribution in [0.5, 0.6) is 0 Å². The summed E-state index contributed by atoms with van der Waals surface area (Å²) in [5.74, 6) is 0.655. The molecule has 1 rings (SSSR count). The molecule has 1 heterocycles. The molecule has 0 spiro atoms. The van der Waals surface area contributed by atoms with Gasteiger partial charge in [-0.1, -0.05) is 0 Å². The van der Waals surface area contributed by atoms with Gasteiger partial charge < -0.3 is 0 Å². The van der Waals surface area contributed by atoms with Crippen LogP contribution < -0.4 is 0 Å². The lowest BCUT2D eigenvalue weighted by Crippen LogP contribution is -1.82. The Bertz CT molecular complexity index is 302. The number of nitrogens with zero attached hydrogens (tertiary/aromatic N) is 3. The van der Waals surface area contributed by atoms with Crippen molar-refractivity contribution in [3.05, 3.63) is 11.4 Å². The third-order valence-corrected chi connectivity index (χ3v) is 1.59. The Morgan fingerprint density at radius 3 is 2.58 bits per heavy atom. The van der Waals surface area contributed by atoms with Crippen molar-refractivity contribution >= 4 is 18.2 Å². The molecule has 0 atom stereocenters. The third-order valence-electron chi connectivity index (χ3n) is 1.59. The first-order valence-corrected chi connectivity index (χ1v) is 3.68. The lowest BCUT2D eigenvalue weighted by atomic mass is 10.3. The summed E-state index contributed by atoms with van der Waals surface area (Å²) >= 11 is 0. The van der Waals surface area contributed by atoms with Crippen LogP contribution >= 0.6 is 0 Å². The predicted octanol–water partition coefficient (Wildman–Crippen LogP) is 1.78. The maximum absolute atomic E-state index is 4.23. The lowest BCUT2D eigenvalue weighted by molar-refractivity contribution is 1.02. The Kier molecular flexibility index (Phi) is 2.38. The maximum atomic E-state index is 4.23. The van der Waals surface area contributed by atoms with Crippen molar-refractivity contribution in [1.29, 1.82) is 0 Å². The van der Waals surface area contributed by atoms with Gasteiger partial charge in [0, 0.05) is 0 Å². The Hall–Kier alpha value is -1.45. The van der Waals surface area contributed by atoms with Gasteiger partial charge >= 0.3 is 0 Å². The Morgan fingerprint density at radius 1 is 1.50 bits per heavy atom. The minimum absolute atomic E-state index is 0.655. The second-order valence-electron chi connectivity index (χ2n) is 2.60. The maximum Gasteiger partial charge on any atom is 0.125 e. The summed E-state index contributed by atoms with van der Waals surface area (Å²) in [6.07, 6.45) is 0. The molecule has 4 heteroatoms. The topological polar surface area (TPSA) is 53.4 Å². The number of aromatic amines is 1. The van der Waals surface area contributed by atoms with Gasteiger partial charge in [0.05, 0.1) is 11.4 Å². The van der Waals surface area contributed by atoms with Crippen LogP contribution in [-0.4, -0.2) is 22.8 Å². The predicted molar refractivity (Wildman–Crippen MR) is 50.4 cm³/mol. The van der Waals surface area contributed by atoms with Crippen molar-refractivity contribution in [2.24, 2.45) is 9.98 Å². The number of nitrogens with one attached hydrogen (secondary N) is 1. The quantitative estimate of drug-likeness (QED) is 0.499. The van der Waals surface area contributed by atoms with Gasteiger partial charge in [0.2, 0.25) is 0 Å². The molecule has 0 saturated carbocycles. The van der Waals surface area contributed by atoms with E-state index < -0.39 is 0 Å². The van der Waals surface area contributed by atoms with E-state index in [0.717, 1.165) is 17.1 Å². The Balaban J connectivity index is 3.10. The minimum Gasteiger partial charge on any atom is -0.280 e. The van der Waals surface area contributed by atoms with Gasteiger partial charge in [-0.25, -0.2) is 9.98 Å². The molecule has 0 aliphatic carbocycles. The SMILES string of the molecule is C=N/C(C)=N\c1c(C)n[nH]c1C. The first kappa shape index (κ1) is 8.64. The van der Waals surface area contributed by atoms with E-state index in [2.05, 4.69) is 26.9 Å². The molecule has 4 nitrogen and oxygen atoms in total.